The molecule has 0 aromatic heterocycles. The summed E-state index contributed by atoms with van der Waals surface area (Å²) < 4.78 is 127. The predicted molar refractivity (Wildman–Crippen MR) is 132 cm³/mol. The van der Waals surface area contributed by atoms with Gasteiger partial charge in [0.25, 0.3) is 0 Å². The van der Waals surface area contributed by atoms with Gasteiger partial charge < -0.3 is 19.7 Å². The SMILES string of the molecule is CC(C)(C)OC(=O)N1CCN(S(=O)(=O)c2ccc(C(F)(F)F)cc2)C(C(=O)NCc2ccc(OC(F)(F)F)c(F)c2)C1. The quantitative estimate of drug-likeness (QED) is 0.466. The first-order valence-electron chi connectivity index (χ1n) is 12.2. The van der Waals surface area contributed by atoms with Crippen molar-refractivity contribution in [3.05, 3.63) is 59.4 Å². The number of alkyl halides is 6. The Hall–Kier alpha value is -3.60. The largest absolute Gasteiger partial charge is 0.573 e. The van der Waals surface area contributed by atoms with Crippen molar-refractivity contribution in [3.63, 3.8) is 0 Å². The van der Waals surface area contributed by atoms with Crippen LogP contribution in [0.3, 0.4) is 0 Å². The molecule has 0 bridgehead atoms. The van der Waals surface area contributed by atoms with Gasteiger partial charge in [0.05, 0.1) is 10.5 Å². The van der Waals surface area contributed by atoms with Crippen LogP contribution in [-0.4, -0.2) is 67.3 Å². The van der Waals surface area contributed by atoms with Crippen molar-refractivity contribution in [3.8, 4) is 5.75 Å². The van der Waals surface area contributed by atoms with E-state index in [9.17, 15) is 48.7 Å². The number of sulfonamides is 1. The van der Waals surface area contributed by atoms with Crippen molar-refractivity contribution in [1.29, 1.82) is 0 Å². The highest BCUT2D eigenvalue weighted by Crippen LogP contribution is 2.31. The van der Waals surface area contributed by atoms with E-state index in [4.69, 9.17) is 4.74 Å². The molecular formula is C25H26F7N3O6S. The normalized spacial score (nSPS) is 17.1. The molecule has 1 aliphatic rings. The minimum Gasteiger partial charge on any atom is -0.444 e. The van der Waals surface area contributed by atoms with Gasteiger partial charge in [0.2, 0.25) is 15.9 Å². The maximum absolute atomic E-state index is 14.1. The van der Waals surface area contributed by atoms with Gasteiger partial charge in [-0.1, -0.05) is 6.07 Å². The Balaban J connectivity index is 1.86. The number of nitrogens with one attached hydrogen (secondary N) is 1. The number of amides is 2. The summed E-state index contributed by atoms with van der Waals surface area (Å²) in [5.41, 5.74) is -2.03. The van der Waals surface area contributed by atoms with Crippen LogP contribution in [0.1, 0.15) is 31.9 Å². The molecule has 1 N–H and O–H groups in total. The Morgan fingerprint density at radius 2 is 1.60 bits per heavy atom. The fourth-order valence-corrected chi connectivity index (χ4v) is 5.45. The van der Waals surface area contributed by atoms with Crippen molar-refractivity contribution in [2.75, 3.05) is 19.6 Å². The molecule has 1 heterocycles. The minimum atomic E-state index is -5.14. The van der Waals surface area contributed by atoms with Gasteiger partial charge in [-0.2, -0.15) is 17.5 Å². The number of nitrogens with zero attached hydrogens (tertiary/aromatic N) is 2. The highest BCUT2D eigenvalue weighted by atomic mass is 32.2. The molecule has 3 rings (SSSR count). The lowest BCUT2D eigenvalue weighted by atomic mass is 10.1. The van der Waals surface area contributed by atoms with E-state index in [1.54, 1.807) is 20.8 Å². The number of rotatable bonds is 6. The smallest absolute Gasteiger partial charge is 0.444 e. The third kappa shape index (κ3) is 8.47. The summed E-state index contributed by atoms with van der Waals surface area (Å²) >= 11 is 0. The Labute approximate surface area is 236 Å². The first-order valence-corrected chi connectivity index (χ1v) is 13.6. The molecule has 1 atom stereocenters. The van der Waals surface area contributed by atoms with Crippen LogP contribution in [0.25, 0.3) is 0 Å². The van der Waals surface area contributed by atoms with Gasteiger partial charge in [-0.3, -0.25) is 4.79 Å². The zero-order valence-corrected chi connectivity index (χ0v) is 23.2. The molecule has 2 aromatic rings. The van der Waals surface area contributed by atoms with E-state index in [0.29, 0.717) is 28.6 Å². The van der Waals surface area contributed by atoms with Crippen molar-refractivity contribution in [2.24, 2.45) is 0 Å². The summed E-state index contributed by atoms with van der Waals surface area (Å²) in [6, 6.07) is 3.41. The summed E-state index contributed by atoms with van der Waals surface area (Å²) in [5, 5.41) is 2.35. The van der Waals surface area contributed by atoms with Crippen LogP contribution in [0.5, 0.6) is 5.75 Å². The highest BCUT2D eigenvalue weighted by molar-refractivity contribution is 7.89. The molecule has 1 fully saturated rings. The van der Waals surface area contributed by atoms with Crippen molar-refractivity contribution in [2.45, 2.75) is 56.4 Å². The topological polar surface area (TPSA) is 105 Å². The molecule has 0 radical (unpaired) electrons. The molecule has 9 nitrogen and oxygen atoms in total. The van der Waals surface area contributed by atoms with Crippen molar-refractivity contribution in [1.82, 2.24) is 14.5 Å². The Bertz CT molecular complexity index is 1410. The fourth-order valence-electron chi connectivity index (χ4n) is 3.88. The van der Waals surface area contributed by atoms with E-state index < -0.39 is 87.9 Å². The minimum absolute atomic E-state index is 0.00710. The third-order valence-electron chi connectivity index (χ3n) is 5.76. The van der Waals surface area contributed by atoms with E-state index in [-0.39, 0.29) is 12.1 Å². The van der Waals surface area contributed by atoms with Gasteiger partial charge in [-0.15, -0.1) is 13.2 Å². The standard InChI is InChI=1S/C25H26F7N3O6S/c1-23(2,3)41-22(37)34-10-11-35(42(38,39)17-7-5-16(6-8-17)24(27,28)29)19(14-34)21(36)33-13-15-4-9-20(18(26)12-15)40-25(30,31)32/h4-9,12,19H,10-11,13-14H2,1-3H3,(H,33,36). The second-order valence-corrected chi connectivity index (χ2v) is 12.0. The molecule has 0 saturated carbocycles. The summed E-state index contributed by atoms with van der Waals surface area (Å²) in [6.07, 6.45) is -10.7. The maximum Gasteiger partial charge on any atom is 0.573 e. The average molecular weight is 630 g/mol. The highest BCUT2D eigenvalue weighted by Gasteiger charge is 2.42. The molecule has 2 amide bonds. The first-order chi connectivity index (χ1) is 19.2. The van der Waals surface area contributed by atoms with Gasteiger partial charge in [0.15, 0.2) is 11.6 Å². The third-order valence-corrected chi connectivity index (χ3v) is 7.68. The molecule has 0 spiro atoms. The molecular weight excluding hydrogens is 603 g/mol. The molecule has 1 aliphatic heterocycles. The van der Waals surface area contributed by atoms with Crippen LogP contribution in [0, 0.1) is 5.82 Å². The second kappa shape index (κ2) is 11.9. The summed E-state index contributed by atoms with van der Waals surface area (Å²) in [4.78, 5) is 26.4. The van der Waals surface area contributed by atoms with Crippen LogP contribution in [0.4, 0.5) is 35.5 Å². The van der Waals surface area contributed by atoms with Crippen LogP contribution < -0.4 is 10.1 Å². The maximum atomic E-state index is 14.1. The molecule has 1 unspecified atom stereocenters. The van der Waals surface area contributed by atoms with Crippen LogP contribution >= 0.6 is 0 Å². The van der Waals surface area contributed by atoms with Crippen LogP contribution in [0.2, 0.25) is 0 Å². The van der Waals surface area contributed by atoms with Gasteiger partial charge in [0.1, 0.15) is 11.6 Å². The van der Waals surface area contributed by atoms with E-state index in [2.05, 4.69) is 10.1 Å². The molecule has 1 saturated heterocycles. The Kier molecular flexibility index (Phi) is 9.36. The monoisotopic (exact) mass is 629 g/mol. The van der Waals surface area contributed by atoms with Gasteiger partial charge in [-0.25, -0.2) is 17.6 Å². The lowest BCUT2D eigenvalue weighted by Gasteiger charge is -2.39. The zero-order chi connectivity index (χ0) is 31.7. The summed E-state index contributed by atoms with van der Waals surface area (Å²) in [6.45, 7) is 3.15. The number of ether oxygens (including phenoxy) is 2. The van der Waals surface area contributed by atoms with Gasteiger partial charge >= 0.3 is 18.6 Å². The molecule has 232 valence electrons. The predicted octanol–water partition coefficient (Wildman–Crippen LogP) is 4.67. The number of halogens is 7. The second-order valence-electron chi connectivity index (χ2n) is 10.1. The van der Waals surface area contributed by atoms with Gasteiger partial charge in [0, 0.05) is 26.2 Å². The zero-order valence-electron chi connectivity index (χ0n) is 22.3. The van der Waals surface area contributed by atoms with Crippen LogP contribution in [-0.2, 0) is 32.3 Å². The molecule has 0 aliphatic carbocycles. The molecule has 2 aromatic carbocycles. The number of hydrogen-bond donors (Lipinski definition) is 1. The Morgan fingerprint density at radius 3 is 2.12 bits per heavy atom. The number of carbonyl (C=O) groups excluding carboxylic acids is 2. The first kappa shape index (κ1) is 32.9. The van der Waals surface area contributed by atoms with E-state index in [1.165, 1.54) is 0 Å². The Morgan fingerprint density at radius 1 is 0.976 bits per heavy atom. The van der Waals surface area contributed by atoms with Gasteiger partial charge in [-0.05, 0) is 62.7 Å². The van der Waals surface area contributed by atoms with Crippen molar-refractivity contribution < 1.29 is 58.2 Å². The van der Waals surface area contributed by atoms with E-state index >= 15 is 0 Å². The molecule has 17 heteroatoms. The lowest BCUT2D eigenvalue weighted by molar-refractivity contribution is -0.275. The number of benzene rings is 2. The van der Waals surface area contributed by atoms with Crippen molar-refractivity contribution >= 4 is 22.0 Å². The van der Waals surface area contributed by atoms with E-state index in [0.717, 1.165) is 23.1 Å². The lowest BCUT2D eigenvalue weighted by Crippen LogP contribution is -2.61. The number of piperazine rings is 1. The molecule has 42 heavy (non-hydrogen) atoms. The average Bonchev–Trinajstić information content (AvgIpc) is 2.86. The number of hydrogen-bond acceptors (Lipinski definition) is 6. The van der Waals surface area contributed by atoms with E-state index in [1.807, 2.05) is 0 Å². The van der Waals surface area contributed by atoms with Crippen LogP contribution in [0.15, 0.2) is 47.4 Å². The summed E-state index contributed by atoms with van der Waals surface area (Å²) in [7, 11) is -4.57. The number of carbonyl (C=O) groups is 2. The summed E-state index contributed by atoms with van der Waals surface area (Å²) in [5.74, 6) is -3.46. The fraction of sp³-hybridized carbons (Fsp3) is 0.440.